The molecule has 1 saturated heterocycles. The lowest BCUT2D eigenvalue weighted by molar-refractivity contribution is 0.0297. The van der Waals surface area contributed by atoms with Crippen LogP contribution in [0.1, 0.15) is 17.0 Å². The average molecular weight is 207 g/mol. The van der Waals surface area contributed by atoms with Gasteiger partial charge in [-0.05, 0) is 23.3 Å². The van der Waals surface area contributed by atoms with Crippen molar-refractivity contribution in [2.75, 3.05) is 13.1 Å². The van der Waals surface area contributed by atoms with E-state index < -0.39 is 0 Å². The summed E-state index contributed by atoms with van der Waals surface area (Å²) in [6.45, 7) is 2.26. The number of hydrogen-bond donors (Lipinski definition) is 3. The van der Waals surface area contributed by atoms with Crippen molar-refractivity contribution in [3.8, 4) is 11.5 Å². The lowest BCUT2D eigenvalue weighted by Gasteiger charge is -2.28. The fourth-order valence-electron chi connectivity index (χ4n) is 2.44. The van der Waals surface area contributed by atoms with E-state index in [-0.39, 0.29) is 17.6 Å². The van der Waals surface area contributed by atoms with Crippen LogP contribution in [0.25, 0.3) is 0 Å². The van der Waals surface area contributed by atoms with Crippen LogP contribution in [-0.4, -0.2) is 29.4 Å². The molecule has 0 amide bonds. The van der Waals surface area contributed by atoms with Gasteiger partial charge < -0.3 is 20.3 Å². The summed E-state index contributed by atoms with van der Waals surface area (Å²) in [5.41, 5.74) is 2.09. The fraction of sp³-hybridized carbons (Fsp3) is 0.455. The van der Waals surface area contributed by atoms with E-state index in [1.807, 2.05) is 0 Å². The predicted octanol–water partition coefficient (Wildman–Crippen LogP) is 0.683. The standard InChI is InChI=1S/C11H13NO3/c13-9-1-6-5-15-11-4-12-3-8(11)7(6)2-10(9)14/h1-2,8,11-14H,3-5H2/t8-,11+/m0/s1. The molecule has 1 fully saturated rings. The number of aromatic hydroxyl groups is 2. The van der Waals surface area contributed by atoms with Crippen molar-refractivity contribution in [2.45, 2.75) is 18.6 Å². The van der Waals surface area contributed by atoms with E-state index in [0.29, 0.717) is 12.5 Å². The molecule has 0 spiro atoms. The minimum atomic E-state index is -0.0678. The first-order valence-electron chi connectivity index (χ1n) is 5.13. The minimum Gasteiger partial charge on any atom is -0.504 e. The van der Waals surface area contributed by atoms with Crippen LogP contribution in [-0.2, 0) is 11.3 Å². The van der Waals surface area contributed by atoms with Gasteiger partial charge in [0.2, 0.25) is 0 Å². The molecule has 0 aromatic heterocycles. The number of rotatable bonds is 0. The van der Waals surface area contributed by atoms with Crippen LogP contribution in [0.5, 0.6) is 11.5 Å². The Morgan fingerprint density at radius 3 is 2.87 bits per heavy atom. The van der Waals surface area contributed by atoms with Gasteiger partial charge in [-0.15, -0.1) is 0 Å². The van der Waals surface area contributed by atoms with Gasteiger partial charge in [-0.2, -0.15) is 0 Å². The van der Waals surface area contributed by atoms with Crippen molar-refractivity contribution in [2.24, 2.45) is 0 Å². The lowest BCUT2D eigenvalue weighted by atomic mass is 9.89. The van der Waals surface area contributed by atoms with Gasteiger partial charge in [0.05, 0.1) is 12.7 Å². The Labute approximate surface area is 87.5 Å². The Hall–Kier alpha value is -1.26. The van der Waals surface area contributed by atoms with E-state index in [0.717, 1.165) is 24.2 Å². The molecule has 3 N–H and O–H groups in total. The van der Waals surface area contributed by atoms with Crippen LogP contribution in [0.15, 0.2) is 12.1 Å². The molecule has 2 aliphatic heterocycles. The zero-order chi connectivity index (χ0) is 10.4. The summed E-state index contributed by atoms with van der Waals surface area (Å²) in [6, 6.07) is 3.26. The molecule has 80 valence electrons. The second-order valence-corrected chi connectivity index (χ2v) is 4.15. The van der Waals surface area contributed by atoms with Gasteiger partial charge in [-0.1, -0.05) is 0 Å². The number of ether oxygens (including phenoxy) is 1. The quantitative estimate of drug-likeness (QED) is 0.547. The van der Waals surface area contributed by atoms with Crippen molar-refractivity contribution in [1.82, 2.24) is 5.32 Å². The van der Waals surface area contributed by atoms with Crippen LogP contribution in [0, 0.1) is 0 Å². The zero-order valence-corrected chi connectivity index (χ0v) is 8.23. The van der Waals surface area contributed by atoms with Crippen molar-refractivity contribution in [1.29, 1.82) is 0 Å². The predicted molar refractivity (Wildman–Crippen MR) is 54.0 cm³/mol. The van der Waals surface area contributed by atoms with E-state index in [9.17, 15) is 10.2 Å². The second kappa shape index (κ2) is 3.12. The molecule has 0 unspecified atom stereocenters. The maximum Gasteiger partial charge on any atom is 0.157 e. The first kappa shape index (κ1) is 9.00. The number of hydrogen-bond acceptors (Lipinski definition) is 4. The third-order valence-electron chi connectivity index (χ3n) is 3.25. The van der Waals surface area contributed by atoms with Crippen LogP contribution in [0.4, 0.5) is 0 Å². The van der Waals surface area contributed by atoms with Gasteiger partial charge in [-0.3, -0.25) is 0 Å². The highest BCUT2D eigenvalue weighted by Crippen LogP contribution is 2.38. The van der Waals surface area contributed by atoms with Gasteiger partial charge in [0.1, 0.15) is 0 Å². The smallest absolute Gasteiger partial charge is 0.157 e. The molecule has 4 heteroatoms. The van der Waals surface area contributed by atoms with Gasteiger partial charge >= 0.3 is 0 Å². The zero-order valence-electron chi connectivity index (χ0n) is 8.23. The van der Waals surface area contributed by atoms with Crippen LogP contribution in [0.3, 0.4) is 0 Å². The van der Waals surface area contributed by atoms with Crippen LogP contribution >= 0.6 is 0 Å². The van der Waals surface area contributed by atoms with Gasteiger partial charge in [0.15, 0.2) is 11.5 Å². The fourth-order valence-corrected chi connectivity index (χ4v) is 2.44. The van der Waals surface area contributed by atoms with Crippen molar-refractivity contribution >= 4 is 0 Å². The highest BCUT2D eigenvalue weighted by atomic mass is 16.5. The molecule has 1 aromatic carbocycles. The summed E-state index contributed by atoms with van der Waals surface area (Å²) in [4.78, 5) is 0. The Morgan fingerprint density at radius 2 is 2.00 bits per heavy atom. The average Bonchev–Trinajstić information content (AvgIpc) is 2.68. The highest BCUT2D eigenvalue weighted by molar-refractivity contribution is 5.48. The molecule has 0 radical (unpaired) electrons. The van der Waals surface area contributed by atoms with E-state index in [4.69, 9.17) is 4.74 Å². The molecular formula is C11H13NO3. The van der Waals surface area contributed by atoms with Gasteiger partial charge in [0, 0.05) is 19.0 Å². The van der Waals surface area contributed by atoms with E-state index in [1.54, 1.807) is 12.1 Å². The third-order valence-corrected chi connectivity index (χ3v) is 3.25. The molecule has 3 rings (SSSR count). The maximum atomic E-state index is 9.48. The first-order chi connectivity index (χ1) is 7.25. The second-order valence-electron chi connectivity index (χ2n) is 4.15. The molecule has 0 aliphatic carbocycles. The first-order valence-corrected chi connectivity index (χ1v) is 5.13. The molecule has 2 heterocycles. The Morgan fingerprint density at radius 1 is 1.20 bits per heavy atom. The molecule has 0 bridgehead atoms. The van der Waals surface area contributed by atoms with Crippen molar-refractivity contribution in [3.05, 3.63) is 23.3 Å². The number of nitrogens with one attached hydrogen (secondary N) is 1. The summed E-state index contributed by atoms with van der Waals surface area (Å²) in [7, 11) is 0. The summed E-state index contributed by atoms with van der Waals surface area (Å²) < 4.78 is 5.67. The molecule has 2 atom stereocenters. The van der Waals surface area contributed by atoms with Crippen molar-refractivity contribution < 1.29 is 14.9 Å². The number of fused-ring (bicyclic) bond motifs is 3. The third kappa shape index (κ3) is 1.29. The maximum absolute atomic E-state index is 9.48. The molecule has 0 saturated carbocycles. The highest BCUT2D eigenvalue weighted by Gasteiger charge is 2.34. The number of benzene rings is 1. The van der Waals surface area contributed by atoms with E-state index >= 15 is 0 Å². The normalized spacial score (nSPS) is 28.5. The largest absolute Gasteiger partial charge is 0.504 e. The summed E-state index contributed by atoms with van der Waals surface area (Å²) in [6.07, 6.45) is 0.210. The minimum absolute atomic E-state index is 0.0405. The monoisotopic (exact) mass is 207 g/mol. The number of phenols is 2. The number of phenolic OH excluding ortho intramolecular Hbond substituents is 2. The van der Waals surface area contributed by atoms with E-state index in [2.05, 4.69) is 5.32 Å². The Balaban J connectivity index is 2.09. The molecular weight excluding hydrogens is 194 g/mol. The molecule has 4 nitrogen and oxygen atoms in total. The molecule has 1 aromatic rings. The molecule has 2 aliphatic rings. The summed E-state index contributed by atoms with van der Waals surface area (Å²) in [5.74, 6) is 0.198. The van der Waals surface area contributed by atoms with Crippen LogP contribution < -0.4 is 5.32 Å². The summed E-state index contributed by atoms with van der Waals surface area (Å²) in [5, 5.41) is 22.1. The summed E-state index contributed by atoms with van der Waals surface area (Å²) >= 11 is 0. The molecule has 15 heavy (non-hydrogen) atoms. The van der Waals surface area contributed by atoms with Crippen molar-refractivity contribution in [3.63, 3.8) is 0 Å². The van der Waals surface area contributed by atoms with Gasteiger partial charge in [0.25, 0.3) is 0 Å². The van der Waals surface area contributed by atoms with E-state index in [1.165, 1.54) is 0 Å². The topological polar surface area (TPSA) is 61.7 Å². The SMILES string of the molecule is Oc1cc2c(cc1O)[C@@H]1CNC[C@H]1OC2. The van der Waals surface area contributed by atoms with Gasteiger partial charge in [-0.25, -0.2) is 0 Å². The lowest BCUT2D eigenvalue weighted by Crippen LogP contribution is -2.26. The Kier molecular flexibility index (Phi) is 1.87. The Bertz CT molecular complexity index is 405. The van der Waals surface area contributed by atoms with Crippen LogP contribution in [0.2, 0.25) is 0 Å².